The van der Waals surface area contributed by atoms with Gasteiger partial charge in [0, 0.05) is 50.2 Å². The molecule has 0 spiro atoms. The zero-order chi connectivity index (χ0) is 18.8. The third-order valence-electron chi connectivity index (χ3n) is 4.94. The van der Waals surface area contributed by atoms with Gasteiger partial charge in [0.25, 0.3) is 5.91 Å². The number of amides is 1. The van der Waals surface area contributed by atoms with E-state index in [-0.39, 0.29) is 5.91 Å². The first kappa shape index (κ1) is 17.7. The molecule has 3 heterocycles. The van der Waals surface area contributed by atoms with E-state index in [0.717, 1.165) is 41.1 Å². The molecule has 0 bridgehead atoms. The lowest BCUT2D eigenvalue weighted by Crippen LogP contribution is -2.49. The number of benzene rings is 1. The van der Waals surface area contributed by atoms with Crippen LogP contribution in [-0.2, 0) is 6.42 Å². The Balaban J connectivity index is 1.60. The number of piperazine rings is 1. The first-order valence-corrected chi connectivity index (χ1v) is 9.43. The van der Waals surface area contributed by atoms with Crippen LogP contribution in [0.4, 0.5) is 5.69 Å². The molecule has 6 nitrogen and oxygen atoms in total. The van der Waals surface area contributed by atoms with Crippen molar-refractivity contribution in [2.45, 2.75) is 13.3 Å². The number of fused-ring (bicyclic) bond motifs is 1. The normalized spacial score (nSPS) is 14.6. The smallest absolute Gasteiger partial charge is 0.274 e. The molecule has 1 aliphatic heterocycles. The maximum Gasteiger partial charge on any atom is 0.274 e. The Morgan fingerprint density at radius 2 is 1.96 bits per heavy atom. The monoisotopic (exact) mass is 381 g/mol. The van der Waals surface area contributed by atoms with Gasteiger partial charge in [-0.1, -0.05) is 18.5 Å². The summed E-state index contributed by atoms with van der Waals surface area (Å²) >= 11 is 6.46. The summed E-state index contributed by atoms with van der Waals surface area (Å²) in [6, 6.07) is 5.94. The zero-order valence-electron chi connectivity index (χ0n) is 15.1. The molecule has 1 aromatic carbocycles. The van der Waals surface area contributed by atoms with Crippen molar-refractivity contribution in [2.24, 2.45) is 0 Å². The van der Waals surface area contributed by atoms with Crippen molar-refractivity contribution < 1.29 is 4.79 Å². The summed E-state index contributed by atoms with van der Waals surface area (Å²) in [4.78, 5) is 29.4. The Morgan fingerprint density at radius 1 is 1.15 bits per heavy atom. The summed E-state index contributed by atoms with van der Waals surface area (Å²) in [5.41, 5.74) is 3.62. The van der Waals surface area contributed by atoms with E-state index in [2.05, 4.69) is 26.8 Å². The number of rotatable bonds is 3. The molecule has 7 heteroatoms. The van der Waals surface area contributed by atoms with E-state index in [0.29, 0.717) is 18.8 Å². The molecule has 1 amide bonds. The number of halogens is 1. The predicted octanol–water partition coefficient (Wildman–Crippen LogP) is 3.20. The zero-order valence-corrected chi connectivity index (χ0v) is 15.9. The molecule has 1 saturated heterocycles. The minimum atomic E-state index is -0.0717. The minimum Gasteiger partial charge on any atom is -0.366 e. The van der Waals surface area contributed by atoms with Crippen LogP contribution in [0.5, 0.6) is 0 Å². The first-order chi connectivity index (χ1) is 13.2. The molecule has 0 N–H and O–H groups in total. The molecule has 0 radical (unpaired) electrons. The number of aromatic nitrogens is 3. The lowest BCUT2D eigenvalue weighted by atomic mass is 10.0. The molecule has 0 aliphatic carbocycles. The first-order valence-electron chi connectivity index (χ1n) is 9.05. The van der Waals surface area contributed by atoms with Crippen molar-refractivity contribution in [2.75, 3.05) is 31.1 Å². The SMILES string of the molecule is CCc1cc(Cl)c2cccnc2c1N1CCN(C(=O)c2cnccn2)CC1. The van der Waals surface area contributed by atoms with Crippen LogP contribution < -0.4 is 4.90 Å². The van der Waals surface area contributed by atoms with E-state index >= 15 is 0 Å². The Bertz CT molecular complexity index is 971. The summed E-state index contributed by atoms with van der Waals surface area (Å²) in [6.07, 6.45) is 7.30. The van der Waals surface area contributed by atoms with Gasteiger partial charge >= 0.3 is 0 Å². The molecule has 27 heavy (non-hydrogen) atoms. The number of carbonyl (C=O) groups is 1. The highest BCUT2D eigenvalue weighted by Crippen LogP contribution is 2.35. The van der Waals surface area contributed by atoms with Crippen LogP contribution >= 0.6 is 11.6 Å². The second-order valence-electron chi connectivity index (χ2n) is 6.49. The fraction of sp³-hybridized carbons (Fsp3) is 0.300. The van der Waals surface area contributed by atoms with Gasteiger partial charge in [-0.15, -0.1) is 0 Å². The van der Waals surface area contributed by atoms with E-state index in [1.807, 2.05) is 23.1 Å². The average Bonchev–Trinajstić information content (AvgIpc) is 2.74. The van der Waals surface area contributed by atoms with Crippen molar-refractivity contribution in [3.63, 3.8) is 0 Å². The molecule has 0 unspecified atom stereocenters. The number of anilines is 1. The van der Waals surface area contributed by atoms with E-state index in [9.17, 15) is 4.79 Å². The summed E-state index contributed by atoms with van der Waals surface area (Å²) in [6.45, 7) is 4.88. The van der Waals surface area contributed by atoms with Crippen LogP contribution in [0.25, 0.3) is 10.9 Å². The molecule has 138 valence electrons. The lowest BCUT2D eigenvalue weighted by Gasteiger charge is -2.37. The maximum atomic E-state index is 12.6. The number of hydrogen-bond donors (Lipinski definition) is 0. The number of aryl methyl sites for hydroxylation is 1. The van der Waals surface area contributed by atoms with Crippen LogP contribution in [0.2, 0.25) is 5.02 Å². The molecule has 0 atom stereocenters. The van der Waals surface area contributed by atoms with Crippen LogP contribution in [0, 0.1) is 0 Å². The molecule has 2 aromatic heterocycles. The lowest BCUT2D eigenvalue weighted by molar-refractivity contribution is 0.0740. The molecular formula is C20H20ClN5O. The van der Waals surface area contributed by atoms with E-state index in [1.165, 1.54) is 11.8 Å². The van der Waals surface area contributed by atoms with E-state index in [4.69, 9.17) is 11.6 Å². The Labute approximate surface area is 162 Å². The fourth-order valence-corrected chi connectivity index (χ4v) is 3.85. The maximum absolute atomic E-state index is 12.6. The summed E-state index contributed by atoms with van der Waals surface area (Å²) in [5.74, 6) is -0.0717. The predicted molar refractivity (Wildman–Crippen MR) is 106 cm³/mol. The second-order valence-corrected chi connectivity index (χ2v) is 6.90. The minimum absolute atomic E-state index is 0.0717. The quantitative estimate of drug-likeness (QED) is 0.697. The number of nitrogens with zero attached hydrogens (tertiary/aromatic N) is 5. The Kier molecular flexibility index (Phi) is 4.90. The molecule has 1 aliphatic rings. The number of carbonyl (C=O) groups excluding carboxylic acids is 1. The fourth-order valence-electron chi connectivity index (χ4n) is 3.56. The molecular weight excluding hydrogens is 362 g/mol. The number of pyridine rings is 1. The Morgan fingerprint density at radius 3 is 2.67 bits per heavy atom. The van der Waals surface area contributed by atoms with Crippen molar-refractivity contribution in [3.8, 4) is 0 Å². The highest BCUT2D eigenvalue weighted by atomic mass is 35.5. The Hall–Kier alpha value is -2.73. The van der Waals surface area contributed by atoms with Crippen LogP contribution in [0.1, 0.15) is 23.0 Å². The van der Waals surface area contributed by atoms with Gasteiger partial charge in [-0.25, -0.2) is 4.98 Å². The molecule has 3 aromatic rings. The molecule has 4 rings (SSSR count). The van der Waals surface area contributed by atoms with Gasteiger partial charge in [-0.2, -0.15) is 0 Å². The van der Waals surface area contributed by atoms with Crippen LogP contribution in [0.15, 0.2) is 43.0 Å². The third-order valence-corrected chi connectivity index (χ3v) is 5.25. The van der Waals surface area contributed by atoms with Crippen molar-refractivity contribution in [1.82, 2.24) is 19.9 Å². The van der Waals surface area contributed by atoms with Crippen LogP contribution in [0.3, 0.4) is 0 Å². The third kappa shape index (κ3) is 3.32. The van der Waals surface area contributed by atoms with Crippen molar-refractivity contribution in [3.05, 3.63) is 59.3 Å². The van der Waals surface area contributed by atoms with Crippen LogP contribution in [-0.4, -0.2) is 51.9 Å². The van der Waals surface area contributed by atoms with Gasteiger partial charge in [0.05, 0.1) is 22.4 Å². The van der Waals surface area contributed by atoms with E-state index in [1.54, 1.807) is 18.6 Å². The molecule has 1 fully saturated rings. The van der Waals surface area contributed by atoms with Gasteiger partial charge in [0.15, 0.2) is 0 Å². The van der Waals surface area contributed by atoms with E-state index < -0.39 is 0 Å². The highest BCUT2D eigenvalue weighted by Gasteiger charge is 2.26. The molecule has 0 saturated carbocycles. The van der Waals surface area contributed by atoms with Gasteiger partial charge in [-0.05, 0) is 30.2 Å². The van der Waals surface area contributed by atoms with Crippen molar-refractivity contribution >= 4 is 34.1 Å². The number of hydrogen-bond acceptors (Lipinski definition) is 5. The van der Waals surface area contributed by atoms with Gasteiger partial charge < -0.3 is 9.80 Å². The highest BCUT2D eigenvalue weighted by molar-refractivity contribution is 6.36. The largest absolute Gasteiger partial charge is 0.366 e. The standard InChI is InChI=1S/C20H20ClN5O/c1-2-14-12-16(21)15-4-3-5-24-18(15)19(14)25-8-10-26(11-9-25)20(27)17-13-22-6-7-23-17/h3-7,12-13H,2,8-11H2,1H3. The summed E-state index contributed by atoms with van der Waals surface area (Å²) in [5, 5.41) is 1.69. The topological polar surface area (TPSA) is 62.2 Å². The van der Waals surface area contributed by atoms with Gasteiger partial charge in [-0.3, -0.25) is 14.8 Å². The summed E-state index contributed by atoms with van der Waals surface area (Å²) < 4.78 is 0. The second kappa shape index (κ2) is 7.48. The average molecular weight is 382 g/mol. The van der Waals surface area contributed by atoms with Gasteiger partial charge in [0.2, 0.25) is 0 Å². The summed E-state index contributed by atoms with van der Waals surface area (Å²) in [7, 11) is 0. The van der Waals surface area contributed by atoms with Gasteiger partial charge in [0.1, 0.15) is 5.69 Å². The van der Waals surface area contributed by atoms with Crippen molar-refractivity contribution in [1.29, 1.82) is 0 Å².